The summed E-state index contributed by atoms with van der Waals surface area (Å²) in [7, 11) is 0. The average Bonchev–Trinajstić information content (AvgIpc) is 3.08. The van der Waals surface area contributed by atoms with Crippen LogP contribution in [0.4, 0.5) is 0 Å². The fourth-order valence-electron chi connectivity index (χ4n) is 4.18. The number of ether oxygens (including phenoxy) is 1. The van der Waals surface area contributed by atoms with Crippen molar-refractivity contribution >= 4 is 17.4 Å². The lowest BCUT2D eigenvalue weighted by molar-refractivity contribution is -0.140. The summed E-state index contributed by atoms with van der Waals surface area (Å²) < 4.78 is 5.69. The molecule has 2 aromatic carbocycles. The molecule has 1 atom stereocenters. The van der Waals surface area contributed by atoms with E-state index in [1.807, 2.05) is 57.2 Å². The number of aryl methyl sites for hydroxylation is 2. The highest BCUT2D eigenvalue weighted by atomic mass is 16.5. The summed E-state index contributed by atoms with van der Waals surface area (Å²) in [6.07, 6.45) is 4.22. The molecule has 1 aromatic heterocycles. The van der Waals surface area contributed by atoms with E-state index in [1.54, 1.807) is 30.6 Å². The van der Waals surface area contributed by atoms with E-state index in [4.69, 9.17) is 4.74 Å². The first-order chi connectivity index (χ1) is 16.4. The number of benzene rings is 2. The average molecular weight is 457 g/mol. The number of pyridine rings is 1. The molecule has 1 N–H and O–H groups in total. The number of nitrogens with zero attached hydrogens (tertiary/aromatic N) is 2. The molecule has 1 saturated heterocycles. The highest BCUT2D eigenvalue weighted by Gasteiger charge is 2.46. The third-order valence-corrected chi connectivity index (χ3v) is 5.93. The van der Waals surface area contributed by atoms with Gasteiger partial charge in [-0.05, 0) is 61.2 Å². The first kappa shape index (κ1) is 23.2. The SMILES string of the molecule is CCCOc1ccc(C(O)=C2C(=O)C(=O)N(Cc3cccnc3)C2c2ccc(C)cc2)c(C)c1. The van der Waals surface area contributed by atoms with E-state index in [0.29, 0.717) is 17.9 Å². The van der Waals surface area contributed by atoms with Crippen molar-refractivity contribution in [3.8, 4) is 5.75 Å². The molecular formula is C28H28N2O4. The second-order valence-electron chi connectivity index (χ2n) is 8.52. The Balaban J connectivity index is 1.82. The molecule has 3 aromatic rings. The van der Waals surface area contributed by atoms with Gasteiger partial charge in [-0.3, -0.25) is 14.6 Å². The molecule has 6 nitrogen and oxygen atoms in total. The van der Waals surface area contributed by atoms with Gasteiger partial charge in [0.05, 0.1) is 18.2 Å². The summed E-state index contributed by atoms with van der Waals surface area (Å²) in [5.74, 6) is -0.825. The Morgan fingerprint density at radius 1 is 1.09 bits per heavy atom. The van der Waals surface area contributed by atoms with Crippen LogP contribution in [0.5, 0.6) is 5.75 Å². The van der Waals surface area contributed by atoms with E-state index in [9.17, 15) is 14.7 Å². The van der Waals surface area contributed by atoms with Gasteiger partial charge in [-0.15, -0.1) is 0 Å². The molecule has 1 aliphatic heterocycles. The topological polar surface area (TPSA) is 79.7 Å². The lowest BCUT2D eigenvalue weighted by atomic mass is 9.93. The summed E-state index contributed by atoms with van der Waals surface area (Å²) >= 11 is 0. The Morgan fingerprint density at radius 3 is 2.50 bits per heavy atom. The van der Waals surface area contributed by atoms with Crippen LogP contribution in [0, 0.1) is 13.8 Å². The monoisotopic (exact) mass is 456 g/mol. The maximum Gasteiger partial charge on any atom is 0.295 e. The lowest BCUT2D eigenvalue weighted by Crippen LogP contribution is -2.29. The summed E-state index contributed by atoms with van der Waals surface area (Å²) in [5.41, 5.74) is 3.97. The van der Waals surface area contributed by atoms with Gasteiger partial charge in [0.2, 0.25) is 0 Å². The molecule has 0 saturated carbocycles. The van der Waals surface area contributed by atoms with Gasteiger partial charge in [0.1, 0.15) is 11.5 Å². The van der Waals surface area contributed by atoms with Crippen LogP contribution in [-0.2, 0) is 16.1 Å². The molecule has 0 radical (unpaired) electrons. The molecule has 1 unspecified atom stereocenters. The van der Waals surface area contributed by atoms with Gasteiger partial charge in [0.25, 0.3) is 11.7 Å². The number of ketones is 1. The van der Waals surface area contributed by atoms with E-state index < -0.39 is 17.7 Å². The van der Waals surface area contributed by atoms with Crippen LogP contribution in [-0.4, -0.2) is 33.3 Å². The van der Waals surface area contributed by atoms with E-state index in [1.165, 1.54) is 4.90 Å². The predicted molar refractivity (Wildman–Crippen MR) is 130 cm³/mol. The highest BCUT2D eigenvalue weighted by molar-refractivity contribution is 6.46. The van der Waals surface area contributed by atoms with E-state index in [-0.39, 0.29) is 17.9 Å². The normalized spacial score (nSPS) is 17.3. The first-order valence-corrected chi connectivity index (χ1v) is 11.4. The first-order valence-electron chi connectivity index (χ1n) is 11.4. The fourth-order valence-corrected chi connectivity index (χ4v) is 4.18. The third kappa shape index (κ3) is 4.57. The molecule has 1 fully saturated rings. The molecule has 174 valence electrons. The number of rotatable bonds is 7. The van der Waals surface area contributed by atoms with Gasteiger partial charge in [0.15, 0.2) is 0 Å². The summed E-state index contributed by atoms with van der Waals surface area (Å²) in [6.45, 7) is 6.65. The maximum absolute atomic E-state index is 13.2. The van der Waals surface area contributed by atoms with E-state index in [0.717, 1.165) is 28.7 Å². The second-order valence-corrected chi connectivity index (χ2v) is 8.52. The van der Waals surface area contributed by atoms with E-state index in [2.05, 4.69) is 4.98 Å². The fraction of sp³-hybridized carbons (Fsp3) is 0.250. The lowest BCUT2D eigenvalue weighted by Gasteiger charge is -2.25. The largest absolute Gasteiger partial charge is 0.507 e. The molecule has 1 amide bonds. The summed E-state index contributed by atoms with van der Waals surface area (Å²) in [4.78, 5) is 32.0. The summed E-state index contributed by atoms with van der Waals surface area (Å²) in [6, 6.07) is 15.9. The van der Waals surface area contributed by atoms with Gasteiger partial charge in [-0.25, -0.2) is 0 Å². The summed E-state index contributed by atoms with van der Waals surface area (Å²) in [5, 5.41) is 11.4. The Morgan fingerprint density at radius 2 is 1.85 bits per heavy atom. The molecular weight excluding hydrogens is 428 g/mol. The zero-order chi connectivity index (χ0) is 24.2. The third-order valence-electron chi connectivity index (χ3n) is 5.93. The van der Waals surface area contributed by atoms with Crippen molar-refractivity contribution in [2.24, 2.45) is 0 Å². The highest BCUT2D eigenvalue weighted by Crippen LogP contribution is 2.41. The quantitative estimate of drug-likeness (QED) is 0.304. The number of carbonyl (C=O) groups excluding carboxylic acids is 2. The Kier molecular flexibility index (Phi) is 6.77. The molecule has 0 bridgehead atoms. The van der Waals surface area contributed by atoms with Crippen molar-refractivity contribution in [3.63, 3.8) is 0 Å². The van der Waals surface area contributed by atoms with Crippen molar-refractivity contribution in [1.82, 2.24) is 9.88 Å². The Labute approximate surface area is 199 Å². The van der Waals surface area contributed by atoms with Gasteiger partial charge >= 0.3 is 0 Å². The number of likely N-dealkylation sites (tertiary alicyclic amines) is 1. The maximum atomic E-state index is 13.2. The van der Waals surface area contributed by atoms with Crippen molar-refractivity contribution in [2.75, 3.05) is 6.61 Å². The van der Waals surface area contributed by atoms with Crippen LogP contribution in [0.2, 0.25) is 0 Å². The van der Waals surface area contributed by atoms with Crippen molar-refractivity contribution in [2.45, 2.75) is 39.8 Å². The Hall–Kier alpha value is -3.93. The molecule has 2 heterocycles. The van der Waals surface area contributed by atoms with Gasteiger partial charge < -0.3 is 14.7 Å². The van der Waals surface area contributed by atoms with Crippen LogP contribution in [0.15, 0.2) is 72.6 Å². The standard InChI is InChI=1S/C28H28N2O4/c1-4-14-34-22-11-12-23(19(3)15-22)26(31)24-25(21-9-7-18(2)8-10-21)30(28(33)27(24)32)17-20-6-5-13-29-16-20/h5-13,15-16,25,31H,4,14,17H2,1-3H3. The predicted octanol–water partition coefficient (Wildman–Crippen LogP) is 5.11. The minimum absolute atomic E-state index is 0.0862. The number of Topliss-reactive ketones (excluding diaryl/α,β-unsaturated/α-hetero) is 1. The smallest absolute Gasteiger partial charge is 0.295 e. The van der Waals surface area contributed by atoms with Gasteiger partial charge in [-0.2, -0.15) is 0 Å². The van der Waals surface area contributed by atoms with Gasteiger partial charge in [0, 0.05) is 24.5 Å². The zero-order valence-corrected chi connectivity index (χ0v) is 19.6. The zero-order valence-electron chi connectivity index (χ0n) is 19.6. The minimum Gasteiger partial charge on any atom is -0.507 e. The molecule has 4 rings (SSSR count). The van der Waals surface area contributed by atoms with Gasteiger partial charge in [-0.1, -0.05) is 42.8 Å². The molecule has 6 heteroatoms. The van der Waals surface area contributed by atoms with Crippen molar-refractivity contribution in [1.29, 1.82) is 0 Å². The second kappa shape index (κ2) is 9.91. The van der Waals surface area contributed by atoms with Crippen LogP contribution >= 0.6 is 0 Å². The number of aliphatic hydroxyl groups excluding tert-OH is 1. The minimum atomic E-state index is -0.712. The van der Waals surface area contributed by atoms with Crippen LogP contribution in [0.3, 0.4) is 0 Å². The van der Waals surface area contributed by atoms with E-state index >= 15 is 0 Å². The number of hydrogen-bond acceptors (Lipinski definition) is 5. The van der Waals surface area contributed by atoms with Crippen LogP contribution < -0.4 is 4.74 Å². The van der Waals surface area contributed by atoms with Crippen LogP contribution in [0.25, 0.3) is 5.76 Å². The number of aromatic nitrogens is 1. The van der Waals surface area contributed by atoms with Crippen molar-refractivity contribution in [3.05, 3.63) is 100 Å². The number of aliphatic hydroxyl groups is 1. The molecule has 1 aliphatic rings. The number of hydrogen-bond donors (Lipinski definition) is 1. The van der Waals surface area contributed by atoms with Crippen molar-refractivity contribution < 1.29 is 19.4 Å². The number of carbonyl (C=O) groups is 2. The number of amides is 1. The van der Waals surface area contributed by atoms with Crippen LogP contribution in [0.1, 0.15) is 47.2 Å². The Bertz CT molecular complexity index is 1230. The molecule has 0 spiro atoms. The molecule has 34 heavy (non-hydrogen) atoms. The molecule has 0 aliphatic carbocycles.